The van der Waals surface area contributed by atoms with Gasteiger partial charge in [-0.05, 0) is 55.2 Å². The predicted molar refractivity (Wildman–Crippen MR) is 114 cm³/mol. The van der Waals surface area contributed by atoms with Crippen LogP contribution < -0.4 is 5.73 Å². The first-order chi connectivity index (χ1) is 11.7. The standard InChI is InChI=1S/C22H33N2P/c1-15(2)25(16(3)4)24-21(23)22(11-9-8-10-12-22)20-18(6)13-17(5)14-19(20)7/h8-11,13-16H,12H2,1-7H3,(H2,23,24). The van der Waals surface area contributed by atoms with Gasteiger partial charge in [0.25, 0.3) is 0 Å². The maximum Gasteiger partial charge on any atom is 0.113 e. The van der Waals surface area contributed by atoms with Gasteiger partial charge in [-0.2, -0.15) is 0 Å². The van der Waals surface area contributed by atoms with Gasteiger partial charge in [0, 0.05) is 8.07 Å². The molecule has 136 valence electrons. The molecule has 2 nitrogen and oxygen atoms in total. The van der Waals surface area contributed by atoms with E-state index in [2.05, 4.69) is 84.9 Å². The molecule has 1 atom stereocenters. The number of hydrogen-bond donors (Lipinski definition) is 1. The number of nitrogens with zero attached hydrogens (tertiary/aromatic N) is 1. The highest BCUT2D eigenvalue weighted by Crippen LogP contribution is 2.49. The lowest BCUT2D eigenvalue weighted by Gasteiger charge is -2.36. The Hall–Kier alpha value is -1.40. The molecule has 0 spiro atoms. The zero-order valence-electron chi connectivity index (χ0n) is 16.8. The summed E-state index contributed by atoms with van der Waals surface area (Å²) in [5.74, 6) is 0.775. The zero-order valence-corrected chi connectivity index (χ0v) is 17.7. The SMILES string of the molecule is Cc1cc(C)c(C2(C(N)=NP(C(C)C)C(C)C)C=CC=CC2)c(C)c1. The topological polar surface area (TPSA) is 38.4 Å². The van der Waals surface area contributed by atoms with E-state index in [-0.39, 0.29) is 5.41 Å². The highest BCUT2D eigenvalue weighted by atomic mass is 31.1. The van der Waals surface area contributed by atoms with Crippen LogP contribution in [0.2, 0.25) is 0 Å². The molecule has 0 heterocycles. The minimum atomic E-state index is -0.486. The minimum absolute atomic E-state index is 0.318. The van der Waals surface area contributed by atoms with E-state index in [0.717, 1.165) is 12.3 Å². The van der Waals surface area contributed by atoms with Crippen LogP contribution in [0, 0.1) is 20.8 Å². The van der Waals surface area contributed by atoms with Crippen LogP contribution in [0.5, 0.6) is 0 Å². The van der Waals surface area contributed by atoms with Crippen LogP contribution in [-0.2, 0) is 5.41 Å². The van der Waals surface area contributed by atoms with E-state index in [0.29, 0.717) is 11.3 Å². The zero-order chi connectivity index (χ0) is 18.8. The molecule has 0 radical (unpaired) electrons. The van der Waals surface area contributed by atoms with Gasteiger partial charge >= 0.3 is 0 Å². The van der Waals surface area contributed by atoms with Gasteiger partial charge in [0.05, 0.1) is 5.41 Å². The van der Waals surface area contributed by atoms with Gasteiger partial charge in [-0.25, -0.2) is 4.76 Å². The fourth-order valence-corrected chi connectivity index (χ4v) is 6.13. The first-order valence-electron chi connectivity index (χ1n) is 9.24. The van der Waals surface area contributed by atoms with Gasteiger partial charge in [-0.1, -0.05) is 69.7 Å². The third kappa shape index (κ3) is 4.06. The summed E-state index contributed by atoms with van der Waals surface area (Å²) in [6.45, 7) is 15.6. The monoisotopic (exact) mass is 356 g/mol. The molecule has 0 amide bonds. The number of rotatable bonds is 5. The quantitative estimate of drug-likeness (QED) is 0.396. The molecule has 2 rings (SSSR count). The van der Waals surface area contributed by atoms with Crippen molar-refractivity contribution in [2.45, 2.75) is 71.6 Å². The Morgan fingerprint density at radius 1 is 1.04 bits per heavy atom. The third-order valence-electron chi connectivity index (χ3n) is 4.93. The average molecular weight is 356 g/mol. The van der Waals surface area contributed by atoms with E-state index in [4.69, 9.17) is 10.5 Å². The first kappa shape index (κ1) is 19.9. The second-order valence-corrected chi connectivity index (χ2v) is 10.8. The van der Waals surface area contributed by atoms with Gasteiger partial charge in [0.2, 0.25) is 0 Å². The number of hydrogen-bond acceptors (Lipinski definition) is 1. The lowest BCUT2D eigenvalue weighted by molar-refractivity contribution is 0.701. The molecule has 1 aromatic carbocycles. The van der Waals surface area contributed by atoms with Gasteiger partial charge < -0.3 is 5.73 Å². The van der Waals surface area contributed by atoms with E-state index in [9.17, 15) is 0 Å². The molecule has 0 bridgehead atoms. The van der Waals surface area contributed by atoms with Gasteiger partial charge in [0.15, 0.2) is 0 Å². The van der Waals surface area contributed by atoms with Crippen molar-refractivity contribution in [1.29, 1.82) is 0 Å². The maximum atomic E-state index is 6.75. The van der Waals surface area contributed by atoms with Crippen molar-refractivity contribution in [1.82, 2.24) is 0 Å². The van der Waals surface area contributed by atoms with Crippen LogP contribution in [0.25, 0.3) is 0 Å². The van der Waals surface area contributed by atoms with Crippen molar-refractivity contribution in [3.63, 3.8) is 0 Å². The summed E-state index contributed by atoms with van der Waals surface area (Å²) < 4.78 is 5.13. The van der Waals surface area contributed by atoms with Gasteiger partial charge in [-0.15, -0.1) is 0 Å². The Bertz CT molecular complexity index is 682. The van der Waals surface area contributed by atoms with Crippen LogP contribution in [0.1, 0.15) is 56.4 Å². The smallest absolute Gasteiger partial charge is 0.113 e. The van der Waals surface area contributed by atoms with Crippen molar-refractivity contribution < 1.29 is 0 Å². The molecular formula is C22H33N2P. The van der Waals surface area contributed by atoms with Crippen molar-refractivity contribution >= 4 is 13.9 Å². The molecule has 1 unspecified atom stereocenters. The number of benzene rings is 1. The van der Waals surface area contributed by atoms with Gasteiger partial charge in [0.1, 0.15) is 5.84 Å². The number of allylic oxidation sites excluding steroid dienone is 3. The largest absolute Gasteiger partial charge is 0.386 e. The fraction of sp³-hybridized carbons (Fsp3) is 0.500. The van der Waals surface area contributed by atoms with Crippen LogP contribution in [0.15, 0.2) is 41.2 Å². The van der Waals surface area contributed by atoms with Crippen LogP contribution in [0.3, 0.4) is 0 Å². The Morgan fingerprint density at radius 2 is 1.60 bits per heavy atom. The number of aryl methyl sites for hydroxylation is 3. The molecule has 1 aromatic rings. The summed E-state index contributed by atoms with van der Waals surface area (Å²) >= 11 is 0. The first-order valence-corrected chi connectivity index (χ1v) is 10.7. The van der Waals surface area contributed by atoms with E-state index >= 15 is 0 Å². The van der Waals surface area contributed by atoms with Crippen molar-refractivity contribution in [3.8, 4) is 0 Å². The second kappa shape index (κ2) is 7.87. The maximum absolute atomic E-state index is 6.75. The second-order valence-electron chi connectivity index (χ2n) is 7.79. The third-order valence-corrected chi connectivity index (χ3v) is 7.49. The van der Waals surface area contributed by atoms with Crippen molar-refractivity contribution in [3.05, 3.63) is 58.7 Å². The summed E-state index contributed by atoms with van der Waals surface area (Å²) in [7, 11) is -0.486. The van der Waals surface area contributed by atoms with Crippen LogP contribution in [-0.4, -0.2) is 17.2 Å². The van der Waals surface area contributed by atoms with Gasteiger partial charge in [-0.3, -0.25) is 0 Å². The molecule has 3 heteroatoms. The normalized spacial score (nSPS) is 21.0. The summed E-state index contributed by atoms with van der Waals surface area (Å²) in [6, 6.07) is 4.52. The Balaban J connectivity index is 2.64. The molecule has 1 aliphatic rings. The van der Waals surface area contributed by atoms with E-state index < -0.39 is 8.07 Å². The summed E-state index contributed by atoms with van der Waals surface area (Å²) in [4.78, 5) is 0. The summed E-state index contributed by atoms with van der Waals surface area (Å²) in [5.41, 5.74) is 12.7. The highest BCUT2D eigenvalue weighted by Gasteiger charge is 2.37. The molecule has 1 aliphatic carbocycles. The Labute approximate surface area is 155 Å². The lowest BCUT2D eigenvalue weighted by Crippen LogP contribution is -2.41. The van der Waals surface area contributed by atoms with E-state index in [1.807, 2.05) is 0 Å². The molecule has 2 N–H and O–H groups in total. The lowest BCUT2D eigenvalue weighted by atomic mass is 9.71. The minimum Gasteiger partial charge on any atom is -0.386 e. The molecule has 0 aromatic heterocycles. The van der Waals surface area contributed by atoms with E-state index in [1.54, 1.807) is 0 Å². The Kier molecular flexibility index (Phi) is 6.27. The van der Waals surface area contributed by atoms with Crippen molar-refractivity contribution in [2.75, 3.05) is 0 Å². The summed E-state index contributed by atoms with van der Waals surface area (Å²) in [5, 5.41) is 0. The molecule has 0 fully saturated rings. The number of amidine groups is 1. The van der Waals surface area contributed by atoms with E-state index in [1.165, 1.54) is 22.3 Å². The van der Waals surface area contributed by atoms with Crippen LogP contribution >= 0.6 is 8.07 Å². The van der Waals surface area contributed by atoms with Crippen molar-refractivity contribution in [2.24, 2.45) is 10.5 Å². The molecular weight excluding hydrogens is 323 g/mol. The Morgan fingerprint density at radius 3 is 2.04 bits per heavy atom. The number of nitrogens with two attached hydrogens (primary N) is 1. The molecule has 0 saturated heterocycles. The fourth-order valence-electron chi connectivity index (χ4n) is 4.05. The van der Waals surface area contributed by atoms with Crippen LogP contribution in [0.4, 0.5) is 0 Å². The summed E-state index contributed by atoms with van der Waals surface area (Å²) in [6.07, 6.45) is 9.58. The molecule has 25 heavy (non-hydrogen) atoms. The average Bonchev–Trinajstić information content (AvgIpc) is 2.51. The highest BCUT2D eigenvalue weighted by molar-refractivity contribution is 7.57. The predicted octanol–water partition coefficient (Wildman–Crippen LogP) is 5.94. The molecule has 0 saturated carbocycles. The molecule has 0 aliphatic heterocycles.